The van der Waals surface area contributed by atoms with E-state index in [1.54, 1.807) is 6.07 Å². The van der Waals surface area contributed by atoms with Crippen molar-refractivity contribution in [3.8, 4) is 5.88 Å². The molecule has 1 rings (SSSR count). The first-order valence-electron chi connectivity index (χ1n) is 3.90. The Kier molecular flexibility index (Phi) is 3.70. The molecule has 1 amide bonds. The molecular weight excluding hydrogens is 202 g/mol. The highest BCUT2D eigenvalue weighted by Gasteiger charge is 2.06. The molecule has 0 aliphatic rings. The van der Waals surface area contributed by atoms with E-state index in [0.29, 0.717) is 11.7 Å². The molecule has 0 unspecified atom stereocenters. The Bertz CT molecular complexity index is 343. The van der Waals surface area contributed by atoms with Crippen LogP contribution in [0.15, 0.2) is 11.0 Å². The minimum Gasteiger partial charge on any atom is -0.479 e. The Labute approximate surface area is 86.2 Å². The molecule has 0 atom stereocenters. The smallest absolute Gasteiger partial charge is 0.247 e. The third kappa shape index (κ3) is 2.59. The highest BCUT2D eigenvalue weighted by Crippen LogP contribution is 2.25. The summed E-state index contributed by atoms with van der Waals surface area (Å²) in [5.74, 6) is 0.728. The van der Waals surface area contributed by atoms with Gasteiger partial charge < -0.3 is 10.1 Å². The summed E-state index contributed by atoms with van der Waals surface area (Å²) in [6.07, 6.45) is 1.90. The Balaban J connectivity index is 2.95. The highest BCUT2D eigenvalue weighted by atomic mass is 32.2. The Morgan fingerprint density at radius 1 is 1.57 bits per heavy atom. The summed E-state index contributed by atoms with van der Waals surface area (Å²) in [6.45, 7) is 1.42. The van der Waals surface area contributed by atoms with E-state index in [-0.39, 0.29) is 5.91 Å². The van der Waals surface area contributed by atoms with Crippen molar-refractivity contribution >= 4 is 23.5 Å². The lowest BCUT2D eigenvalue weighted by molar-refractivity contribution is -0.114. The maximum absolute atomic E-state index is 10.8. The number of methoxy groups -OCH3 is 1. The fraction of sp³-hybridized carbons (Fsp3) is 0.375. The third-order valence-electron chi connectivity index (χ3n) is 1.44. The molecule has 5 nitrogen and oxygen atoms in total. The lowest BCUT2D eigenvalue weighted by atomic mass is 10.5. The van der Waals surface area contributed by atoms with Crippen LogP contribution < -0.4 is 10.1 Å². The van der Waals surface area contributed by atoms with E-state index in [9.17, 15) is 4.79 Å². The predicted molar refractivity (Wildman–Crippen MR) is 54.7 cm³/mol. The number of nitrogens with zero attached hydrogens (tertiary/aromatic N) is 2. The number of ether oxygens (including phenoxy) is 1. The number of rotatable bonds is 3. The standard InChI is InChI=1S/C8H11N3O2S/c1-5(12)9-7-4-6(14-3)8(13-2)11-10-7/h4H,1-3H3,(H,9,10,12). The molecule has 0 saturated heterocycles. The molecule has 0 fully saturated rings. The summed E-state index contributed by atoms with van der Waals surface area (Å²) in [7, 11) is 1.53. The summed E-state index contributed by atoms with van der Waals surface area (Å²) in [6, 6.07) is 1.72. The fourth-order valence-corrected chi connectivity index (χ4v) is 1.42. The van der Waals surface area contributed by atoms with Crippen LogP contribution in [-0.2, 0) is 4.79 Å². The minimum atomic E-state index is -0.170. The van der Waals surface area contributed by atoms with E-state index in [4.69, 9.17) is 4.74 Å². The molecule has 1 aromatic heterocycles. The van der Waals surface area contributed by atoms with Crippen LogP contribution in [0.3, 0.4) is 0 Å². The van der Waals surface area contributed by atoms with Crippen molar-refractivity contribution in [2.24, 2.45) is 0 Å². The summed E-state index contributed by atoms with van der Waals surface area (Å²) in [4.78, 5) is 11.6. The molecule has 76 valence electrons. The van der Waals surface area contributed by atoms with Gasteiger partial charge in [-0.25, -0.2) is 0 Å². The van der Waals surface area contributed by atoms with E-state index in [0.717, 1.165) is 4.90 Å². The average molecular weight is 213 g/mol. The monoisotopic (exact) mass is 213 g/mol. The maximum Gasteiger partial charge on any atom is 0.247 e. The molecule has 1 aromatic rings. The van der Waals surface area contributed by atoms with E-state index in [1.165, 1.54) is 25.8 Å². The zero-order chi connectivity index (χ0) is 10.6. The van der Waals surface area contributed by atoms with E-state index in [1.807, 2.05) is 6.26 Å². The Morgan fingerprint density at radius 3 is 2.79 bits per heavy atom. The van der Waals surface area contributed by atoms with E-state index in [2.05, 4.69) is 15.5 Å². The van der Waals surface area contributed by atoms with Gasteiger partial charge in [-0.05, 0) is 6.26 Å². The van der Waals surface area contributed by atoms with Gasteiger partial charge in [-0.3, -0.25) is 4.79 Å². The number of nitrogens with one attached hydrogen (secondary N) is 1. The molecule has 0 bridgehead atoms. The highest BCUT2D eigenvalue weighted by molar-refractivity contribution is 7.98. The van der Waals surface area contributed by atoms with Gasteiger partial charge in [-0.1, -0.05) is 0 Å². The summed E-state index contributed by atoms with van der Waals surface area (Å²) >= 11 is 1.48. The van der Waals surface area contributed by atoms with Gasteiger partial charge in [0.15, 0.2) is 5.82 Å². The number of thioether (sulfide) groups is 1. The summed E-state index contributed by atoms with van der Waals surface area (Å²) in [5.41, 5.74) is 0. The van der Waals surface area contributed by atoms with Gasteiger partial charge in [-0.2, -0.15) is 0 Å². The molecule has 0 spiro atoms. The second-order valence-corrected chi connectivity index (χ2v) is 3.34. The van der Waals surface area contributed by atoms with Crippen molar-refractivity contribution in [3.63, 3.8) is 0 Å². The largest absolute Gasteiger partial charge is 0.479 e. The van der Waals surface area contributed by atoms with E-state index < -0.39 is 0 Å². The first kappa shape index (κ1) is 10.8. The molecule has 0 saturated carbocycles. The van der Waals surface area contributed by atoms with Crippen LogP contribution in [0.1, 0.15) is 6.92 Å². The van der Waals surface area contributed by atoms with Gasteiger partial charge in [0.25, 0.3) is 0 Å². The van der Waals surface area contributed by atoms with Crippen LogP contribution in [0, 0.1) is 0 Å². The van der Waals surface area contributed by atoms with Crippen LogP contribution >= 0.6 is 11.8 Å². The Hall–Kier alpha value is -1.30. The first-order chi connectivity index (χ1) is 6.67. The van der Waals surface area contributed by atoms with Crippen LogP contribution in [0.2, 0.25) is 0 Å². The number of anilines is 1. The molecular formula is C8H11N3O2S. The second kappa shape index (κ2) is 4.80. The van der Waals surface area contributed by atoms with Crippen molar-refractivity contribution in [1.82, 2.24) is 10.2 Å². The van der Waals surface area contributed by atoms with Crippen LogP contribution in [0.4, 0.5) is 5.82 Å². The molecule has 1 heterocycles. The number of carbonyl (C=O) groups excluding carboxylic acids is 1. The predicted octanol–water partition coefficient (Wildman–Crippen LogP) is 1.17. The topological polar surface area (TPSA) is 64.1 Å². The zero-order valence-electron chi connectivity index (χ0n) is 8.20. The van der Waals surface area contributed by atoms with Crippen LogP contribution in [0.25, 0.3) is 0 Å². The van der Waals surface area contributed by atoms with Gasteiger partial charge in [0.2, 0.25) is 11.8 Å². The summed E-state index contributed by atoms with van der Waals surface area (Å²) in [5, 5.41) is 10.1. The lowest BCUT2D eigenvalue weighted by Gasteiger charge is -2.05. The average Bonchev–Trinajstić information content (AvgIpc) is 2.16. The number of carbonyl (C=O) groups is 1. The molecule has 14 heavy (non-hydrogen) atoms. The van der Waals surface area contributed by atoms with Crippen LogP contribution in [-0.4, -0.2) is 29.5 Å². The molecule has 0 aromatic carbocycles. The minimum absolute atomic E-state index is 0.170. The molecule has 6 heteroatoms. The SMILES string of the molecule is COc1nnc(NC(C)=O)cc1SC. The van der Waals surface area contributed by atoms with Gasteiger partial charge in [-0.15, -0.1) is 22.0 Å². The zero-order valence-corrected chi connectivity index (χ0v) is 9.01. The molecule has 0 radical (unpaired) electrons. The van der Waals surface area contributed by atoms with Crippen molar-refractivity contribution < 1.29 is 9.53 Å². The first-order valence-corrected chi connectivity index (χ1v) is 5.13. The van der Waals surface area contributed by atoms with Gasteiger partial charge in [0.05, 0.1) is 12.0 Å². The third-order valence-corrected chi connectivity index (χ3v) is 2.18. The van der Waals surface area contributed by atoms with Gasteiger partial charge in [0.1, 0.15) is 0 Å². The second-order valence-electron chi connectivity index (χ2n) is 2.49. The van der Waals surface area contributed by atoms with Crippen molar-refractivity contribution in [2.45, 2.75) is 11.8 Å². The number of aromatic nitrogens is 2. The quantitative estimate of drug-likeness (QED) is 0.763. The Morgan fingerprint density at radius 2 is 2.29 bits per heavy atom. The molecule has 1 N–H and O–H groups in total. The molecule has 0 aliphatic heterocycles. The normalized spacial score (nSPS) is 9.64. The maximum atomic E-state index is 10.8. The fourth-order valence-electron chi connectivity index (χ4n) is 0.892. The lowest BCUT2D eigenvalue weighted by Crippen LogP contribution is -2.08. The van der Waals surface area contributed by atoms with Crippen LogP contribution in [0.5, 0.6) is 5.88 Å². The number of hydrogen-bond acceptors (Lipinski definition) is 5. The molecule has 0 aliphatic carbocycles. The summed E-state index contributed by atoms with van der Waals surface area (Å²) < 4.78 is 4.99. The van der Waals surface area contributed by atoms with Crippen molar-refractivity contribution in [1.29, 1.82) is 0 Å². The van der Waals surface area contributed by atoms with E-state index >= 15 is 0 Å². The van der Waals surface area contributed by atoms with Gasteiger partial charge >= 0.3 is 0 Å². The number of hydrogen-bond donors (Lipinski definition) is 1. The van der Waals surface area contributed by atoms with Crippen molar-refractivity contribution in [2.75, 3.05) is 18.7 Å². The van der Waals surface area contributed by atoms with Crippen molar-refractivity contribution in [3.05, 3.63) is 6.07 Å². The number of amides is 1. The van der Waals surface area contributed by atoms with Gasteiger partial charge in [0, 0.05) is 13.0 Å².